The molecule has 2 rings (SSSR count). The first kappa shape index (κ1) is 18.7. The van der Waals surface area contributed by atoms with Crippen molar-refractivity contribution in [3.05, 3.63) is 29.1 Å². The molecule has 0 fully saturated rings. The average molecular weight is 365 g/mol. The summed E-state index contributed by atoms with van der Waals surface area (Å²) >= 11 is 0. The Morgan fingerprint density at radius 2 is 1.88 bits per heavy atom. The molecule has 0 aliphatic heterocycles. The van der Waals surface area contributed by atoms with Crippen LogP contribution in [0.25, 0.3) is 11.0 Å². The lowest BCUT2D eigenvalue weighted by atomic mass is 10.1. The summed E-state index contributed by atoms with van der Waals surface area (Å²) in [5.41, 5.74) is 0.522. The van der Waals surface area contributed by atoms with E-state index in [0.29, 0.717) is 17.6 Å². The smallest absolute Gasteiger partial charge is 0.286 e. The van der Waals surface area contributed by atoms with Crippen molar-refractivity contribution in [3.8, 4) is 0 Å². The van der Waals surface area contributed by atoms with Gasteiger partial charge in [-0.15, -0.1) is 0 Å². The molecule has 0 atom stereocenters. The lowest BCUT2D eigenvalue weighted by Gasteiger charge is -2.09. The third kappa shape index (κ3) is 3.72. The number of alkyl halides is 3. The summed E-state index contributed by atoms with van der Waals surface area (Å²) in [4.78, 5) is 0. The molecule has 1 N–H and O–H groups in total. The van der Waals surface area contributed by atoms with Gasteiger partial charge in [0.15, 0.2) is 11.0 Å². The molecular formula is C15H20F3N2O3S+. The Kier molecular flexibility index (Phi) is 4.96. The normalized spacial score (nSPS) is 13.0. The van der Waals surface area contributed by atoms with E-state index >= 15 is 0 Å². The minimum atomic E-state index is -4.45. The Balaban J connectivity index is 2.58. The Labute approximate surface area is 138 Å². The Morgan fingerprint density at radius 3 is 2.38 bits per heavy atom. The molecule has 0 bridgehead atoms. The van der Waals surface area contributed by atoms with Gasteiger partial charge in [-0.25, -0.2) is 9.13 Å². The molecule has 1 aromatic heterocycles. The molecule has 0 amide bonds. The van der Waals surface area contributed by atoms with E-state index in [0.717, 1.165) is 11.9 Å². The van der Waals surface area contributed by atoms with Crippen LogP contribution in [0.3, 0.4) is 0 Å². The quantitative estimate of drug-likeness (QED) is 0.655. The zero-order valence-corrected chi connectivity index (χ0v) is 14.5. The number of nitrogens with zero attached hydrogens (tertiary/aromatic N) is 2. The summed E-state index contributed by atoms with van der Waals surface area (Å²) in [6, 6.07) is 2.62. The highest BCUT2D eigenvalue weighted by Gasteiger charge is 2.35. The van der Waals surface area contributed by atoms with Crippen LogP contribution in [0, 0.1) is 13.8 Å². The van der Waals surface area contributed by atoms with Crippen LogP contribution in [0.15, 0.2) is 12.1 Å². The number of benzene rings is 1. The van der Waals surface area contributed by atoms with Crippen molar-refractivity contribution in [3.63, 3.8) is 0 Å². The number of aromatic nitrogens is 2. The van der Waals surface area contributed by atoms with Gasteiger partial charge in [-0.2, -0.15) is 21.6 Å². The number of hydrogen-bond acceptors (Lipinski definition) is 2. The first-order valence-electron chi connectivity index (χ1n) is 7.51. The molecule has 0 saturated heterocycles. The number of aryl methyl sites for hydroxylation is 3. The van der Waals surface area contributed by atoms with Crippen LogP contribution in [0.5, 0.6) is 0 Å². The highest BCUT2D eigenvalue weighted by molar-refractivity contribution is 7.85. The van der Waals surface area contributed by atoms with Crippen molar-refractivity contribution in [2.45, 2.75) is 46.5 Å². The second kappa shape index (κ2) is 6.36. The standard InChI is InChI=1S/C15H19F3N2O3S/c1-4-19-11(3)20(6-5-7-24(21,22)23)14-9-12(15(16,17)18)10(2)8-13(14)19/h8-9H,4-7H2,1-3H3/p+1. The second-order valence-corrected chi connectivity index (χ2v) is 7.31. The maximum Gasteiger partial charge on any atom is 0.416 e. The lowest BCUT2D eigenvalue weighted by Crippen LogP contribution is -2.37. The second-order valence-electron chi connectivity index (χ2n) is 5.74. The summed E-state index contributed by atoms with van der Waals surface area (Å²) in [6.45, 7) is 5.88. The first-order chi connectivity index (χ1) is 11.0. The Morgan fingerprint density at radius 1 is 1.25 bits per heavy atom. The van der Waals surface area contributed by atoms with Gasteiger partial charge in [0.05, 0.1) is 24.4 Å². The molecule has 0 aliphatic rings. The monoisotopic (exact) mass is 365 g/mol. The van der Waals surface area contributed by atoms with E-state index < -0.39 is 27.6 Å². The molecule has 24 heavy (non-hydrogen) atoms. The zero-order valence-electron chi connectivity index (χ0n) is 13.7. The van der Waals surface area contributed by atoms with Crippen molar-refractivity contribution < 1.29 is 30.7 Å². The molecule has 0 spiro atoms. The molecule has 0 unspecified atom stereocenters. The van der Waals surface area contributed by atoms with Crippen LogP contribution in [-0.4, -0.2) is 23.3 Å². The van der Waals surface area contributed by atoms with Gasteiger partial charge in [-0.3, -0.25) is 4.55 Å². The van der Waals surface area contributed by atoms with E-state index in [9.17, 15) is 21.6 Å². The van der Waals surface area contributed by atoms with E-state index in [1.165, 1.54) is 13.0 Å². The summed E-state index contributed by atoms with van der Waals surface area (Å²) in [6.07, 6.45) is -4.34. The van der Waals surface area contributed by atoms with Crippen LogP contribution in [0.2, 0.25) is 0 Å². The van der Waals surface area contributed by atoms with E-state index in [1.54, 1.807) is 11.5 Å². The third-order valence-electron chi connectivity index (χ3n) is 4.09. The molecule has 9 heteroatoms. The maximum atomic E-state index is 13.2. The number of rotatable bonds is 5. The van der Waals surface area contributed by atoms with Crippen molar-refractivity contribution >= 4 is 21.2 Å². The molecule has 0 saturated carbocycles. The van der Waals surface area contributed by atoms with E-state index in [-0.39, 0.29) is 18.5 Å². The van der Waals surface area contributed by atoms with Crippen LogP contribution in [0.1, 0.15) is 30.3 Å². The van der Waals surface area contributed by atoms with Crippen LogP contribution in [-0.2, 0) is 29.4 Å². The number of fused-ring (bicyclic) bond motifs is 1. The molecule has 1 aromatic carbocycles. The van der Waals surface area contributed by atoms with Crippen LogP contribution >= 0.6 is 0 Å². The fourth-order valence-corrected chi connectivity index (χ4v) is 3.49. The average Bonchev–Trinajstić information content (AvgIpc) is 2.67. The van der Waals surface area contributed by atoms with Gasteiger partial charge in [0.2, 0.25) is 0 Å². The Bertz CT molecular complexity index is 870. The van der Waals surface area contributed by atoms with E-state index in [4.69, 9.17) is 4.55 Å². The molecular weight excluding hydrogens is 345 g/mol. The van der Waals surface area contributed by atoms with Gasteiger partial charge >= 0.3 is 6.18 Å². The molecule has 1 heterocycles. The molecule has 5 nitrogen and oxygen atoms in total. The van der Waals surface area contributed by atoms with Gasteiger partial charge in [0, 0.05) is 19.4 Å². The predicted octanol–water partition coefficient (Wildman–Crippen LogP) is 2.86. The van der Waals surface area contributed by atoms with E-state index in [1.807, 2.05) is 11.5 Å². The summed E-state index contributed by atoms with van der Waals surface area (Å²) in [5.74, 6) is 0.303. The fraction of sp³-hybridized carbons (Fsp3) is 0.533. The summed E-state index contributed by atoms with van der Waals surface area (Å²) in [5, 5.41) is 0. The fourth-order valence-electron chi connectivity index (χ4n) is 3.00. The molecule has 134 valence electrons. The molecule has 0 radical (unpaired) electrons. The largest absolute Gasteiger partial charge is 0.416 e. The maximum absolute atomic E-state index is 13.2. The predicted molar refractivity (Wildman–Crippen MR) is 83.3 cm³/mol. The van der Waals surface area contributed by atoms with Crippen molar-refractivity contribution in [1.82, 2.24) is 4.57 Å². The highest BCUT2D eigenvalue weighted by atomic mass is 32.2. The first-order valence-corrected chi connectivity index (χ1v) is 9.12. The number of hydrogen-bond donors (Lipinski definition) is 1. The summed E-state index contributed by atoms with van der Waals surface area (Å²) < 4.78 is 73.6. The van der Waals surface area contributed by atoms with E-state index in [2.05, 4.69) is 0 Å². The van der Waals surface area contributed by atoms with Crippen molar-refractivity contribution in [1.29, 1.82) is 0 Å². The van der Waals surface area contributed by atoms with Gasteiger partial charge in [-0.05, 0) is 25.5 Å². The van der Waals surface area contributed by atoms with Crippen LogP contribution < -0.4 is 4.57 Å². The SMILES string of the molecule is CCn1c(C)[n+](CCCS(=O)(=O)O)c2cc(C(F)(F)F)c(C)cc21. The summed E-state index contributed by atoms with van der Waals surface area (Å²) in [7, 11) is -4.10. The molecule has 2 aromatic rings. The highest BCUT2D eigenvalue weighted by Crippen LogP contribution is 2.34. The Hall–Kier alpha value is -1.61. The molecule has 0 aliphatic carbocycles. The topological polar surface area (TPSA) is 63.2 Å². The number of imidazole rings is 1. The third-order valence-corrected chi connectivity index (χ3v) is 4.89. The van der Waals surface area contributed by atoms with Gasteiger partial charge in [0.25, 0.3) is 15.9 Å². The van der Waals surface area contributed by atoms with Gasteiger partial charge in [0.1, 0.15) is 0 Å². The number of halogens is 3. The zero-order chi connectivity index (χ0) is 18.3. The van der Waals surface area contributed by atoms with Gasteiger partial charge in [-0.1, -0.05) is 0 Å². The van der Waals surface area contributed by atoms with Crippen molar-refractivity contribution in [2.24, 2.45) is 0 Å². The van der Waals surface area contributed by atoms with Gasteiger partial charge < -0.3 is 0 Å². The van der Waals surface area contributed by atoms with Crippen LogP contribution in [0.4, 0.5) is 13.2 Å². The minimum absolute atomic E-state index is 0.113. The van der Waals surface area contributed by atoms with Crippen molar-refractivity contribution in [2.75, 3.05) is 5.75 Å². The minimum Gasteiger partial charge on any atom is -0.286 e. The lowest BCUT2D eigenvalue weighted by molar-refractivity contribution is -0.678.